The molecule has 0 spiro atoms. The van der Waals surface area contributed by atoms with Crippen molar-refractivity contribution in [1.82, 2.24) is 4.90 Å². The summed E-state index contributed by atoms with van der Waals surface area (Å²) in [4.78, 5) is 28.6. The van der Waals surface area contributed by atoms with Crippen LogP contribution in [0, 0.1) is 5.41 Å². The van der Waals surface area contributed by atoms with Crippen LogP contribution in [0.4, 0.5) is 0 Å². The molecule has 1 aliphatic rings. The second kappa shape index (κ2) is 9.67. The van der Waals surface area contributed by atoms with E-state index in [4.69, 9.17) is 10.5 Å². The van der Waals surface area contributed by atoms with Crippen molar-refractivity contribution >= 4 is 23.2 Å². The number of hydrogen-bond donors (Lipinski definition) is 1. The SMILES string of the molecule is COCc1ccc(C(=O)N2CCC(Cc3ccccc3-c3cccs3)(C(N)=O)CC2)cc1. The lowest BCUT2D eigenvalue weighted by Crippen LogP contribution is -2.50. The molecule has 5 nitrogen and oxygen atoms in total. The van der Waals surface area contributed by atoms with Crippen LogP contribution in [0.15, 0.2) is 66.0 Å². The molecule has 4 rings (SSSR count). The Hall–Kier alpha value is -2.96. The van der Waals surface area contributed by atoms with Crippen LogP contribution in [0.25, 0.3) is 10.4 Å². The fourth-order valence-corrected chi connectivity index (χ4v) is 5.24. The minimum absolute atomic E-state index is 0.00831. The number of primary amides is 1. The van der Waals surface area contributed by atoms with Gasteiger partial charge >= 0.3 is 0 Å². The van der Waals surface area contributed by atoms with Gasteiger partial charge in [0.2, 0.25) is 5.91 Å². The van der Waals surface area contributed by atoms with Crippen molar-refractivity contribution in [3.63, 3.8) is 0 Å². The lowest BCUT2D eigenvalue weighted by atomic mass is 9.72. The fourth-order valence-electron chi connectivity index (χ4n) is 4.45. The molecule has 1 aromatic heterocycles. The zero-order valence-electron chi connectivity index (χ0n) is 18.3. The summed E-state index contributed by atoms with van der Waals surface area (Å²) in [5.74, 6) is -0.291. The van der Waals surface area contributed by atoms with Gasteiger partial charge in [-0.05, 0) is 59.5 Å². The van der Waals surface area contributed by atoms with Crippen molar-refractivity contribution in [1.29, 1.82) is 0 Å². The van der Waals surface area contributed by atoms with Crippen LogP contribution in [-0.2, 0) is 22.6 Å². The van der Waals surface area contributed by atoms with E-state index in [2.05, 4.69) is 23.6 Å². The van der Waals surface area contributed by atoms with Crippen molar-refractivity contribution in [3.05, 3.63) is 82.7 Å². The van der Waals surface area contributed by atoms with Crippen molar-refractivity contribution in [2.75, 3.05) is 20.2 Å². The molecule has 2 heterocycles. The molecule has 2 aromatic carbocycles. The van der Waals surface area contributed by atoms with Gasteiger partial charge in [-0.25, -0.2) is 0 Å². The number of likely N-dealkylation sites (tertiary alicyclic amines) is 1. The molecule has 1 aliphatic heterocycles. The van der Waals surface area contributed by atoms with Crippen molar-refractivity contribution in [2.45, 2.75) is 25.9 Å². The Morgan fingerprint density at radius 3 is 2.38 bits per heavy atom. The topological polar surface area (TPSA) is 72.6 Å². The monoisotopic (exact) mass is 448 g/mol. The van der Waals surface area contributed by atoms with Gasteiger partial charge in [0.25, 0.3) is 5.91 Å². The largest absolute Gasteiger partial charge is 0.380 e. The summed E-state index contributed by atoms with van der Waals surface area (Å²) in [7, 11) is 1.65. The smallest absolute Gasteiger partial charge is 0.253 e. The van der Waals surface area contributed by atoms with Crippen LogP contribution >= 0.6 is 11.3 Å². The fraction of sp³-hybridized carbons (Fsp3) is 0.308. The lowest BCUT2D eigenvalue weighted by molar-refractivity contribution is -0.130. The van der Waals surface area contributed by atoms with E-state index in [0.29, 0.717) is 44.5 Å². The van der Waals surface area contributed by atoms with E-state index in [0.717, 1.165) is 16.7 Å². The average Bonchev–Trinajstić information content (AvgIpc) is 3.35. The summed E-state index contributed by atoms with van der Waals surface area (Å²) in [5.41, 5.74) is 9.26. The molecule has 0 radical (unpaired) electrons. The minimum Gasteiger partial charge on any atom is -0.380 e. The molecule has 32 heavy (non-hydrogen) atoms. The Morgan fingerprint density at radius 1 is 1.03 bits per heavy atom. The molecule has 0 saturated carbocycles. The predicted molar refractivity (Wildman–Crippen MR) is 127 cm³/mol. The number of methoxy groups -OCH3 is 1. The zero-order valence-corrected chi connectivity index (χ0v) is 19.1. The van der Waals surface area contributed by atoms with Gasteiger partial charge in [0, 0.05) is 30.6 Å². The number of piperidine rings is 1. The van der Waals surface area contributed by atoms with Gasteiger partial charge in [0.1, 0.15) is 0 Å². The zero-order chi connectivity index (χ0) is 22.6. The van der Waals surface area contributed by atoms with Crippen LogP contribution in [0.2, 0.25) is 0 Å². The molecular formula is C26H28N2O3S. The second-order valence-electron chi connectivity index (χ2n) is 8.38. The van der Waals surface area contributed by atoms with E-state index >= 15 is 0 Å². The van der Waals surface area contributed by atoms with E-state index in [1.54, 1.807) is 18.4 Å². The summed E-state index contributed by atoms with van der Waals surface area (Å²) in [6.07, 6.45) is 1.72. The summed E-state index contributed by atoms with van der Waals surface area (Å²) < 4.78 is 5.13. The molecule has 6 heteroatoms. The number of carbonyl (C=O) groups excluding carboxylic acids is 2. The van der Waals surface area contributed by atoms with E-state index in [-0.39, 0.29) is 11.8 Å². The summed E-state index contributed by atoms with van der Waals surface area (Å²) in [6.45, 7) is 1.55. The molecule has 1 saturated heterocycles. The highest BCUT2D eigenvalue weighted by atomic mass is 32.1. The number of carbonyl (C=O) groups is 2. The molecule has 0 aliphatic carbocycles. The van der Waals surface area contributed by atoms with E-state index in [9.17, 15) is 9.59 Å². The van der Waals surface area contributed by atoms with E-state index < -0.39 is 5.41 Å². The number of thiophene rings is 1. The molecule has 2 amide bonds. The average molecular weight is 449 g/mol. The Morgan fingerprint density at radius 2 is 1.75 bits per heavy atom. The number of hydrogen-bond acceptors (Lipinski definition) is 4. The van der Waals surface area contributed by atoms with E-state index in [1.165, 1.54) is 4.88 Å². The number of ether oxygens (including phenoxy) is 1. The van der Waals surface area contributed by atoms with Crippen molar-refractivity contribution < 1.29 is 14.3 Å². The van der Waals surface area contributed by atoms with Gasteiger partial charge in [-0.15, -0.1) is 11.3 Å². The summed E-state index contributed by atoms with van der Waals surface area (Å²) in [5, 5.41) is 2.06. The number of benzene rings is 2. The molecule has 0 unspecified atom stereocenters. The quantitative estimate of drug-likeness (QED) is 0.578. The number of rotatable bonds is 7. The second-order valence-corrected chi connectivity index (χ2v) is 9.33. The first kappa shape index (κ1) is 22.2. The van der Waals surface area contributed by atoms with Gasteiger partial charge in [0.15, 0.2) is 0 Å². The highest BCUT2D eigenvalue weighted by Crippen LogP contribution is 2.39. The Bertz CT molecular complexity index is 1070. The molecule has 3 aromatic rings. The maximum Gasteiger partial charge on any atom is 0.253 e. The molecule has 0 bridgehead atoms. The normalized spacial score (nSPS) is 15.5. The third-order valence-corrected chi connectivity index (χ3v) is 7.28. The molecular weight excluding hydrogens is 420 g/mol. The number of nitrogens with zero attached hydrogens (tertiary/aromatic N) is 1. The van der Waals surface area contributed by atoms with Gasteiger partial charge in [-0.2, -0.15) is 0 Å². The predicted octanol–water partition coefficient (Wildman–Crippen LogP) is 4.51. The minimum atomic E-state index is -0.646. The van der Waals surface area contributed by atoms with Crippen LogP contribution in [0.1, 0.15) is 34.3 Å². The van der Waals surface area contributed by atoms with Gasteiger partial charge in [0.05, 0.1) is 12.0 Å². The first-order valence-electron chi connectivity index (χ1n) is 10.8. The Labute approximate surface area is 192 Å². The lowest BCUT2D eigenvalue weighted by Gasteiger charge is -2.40. The maximum absolute atomic E-state index is 13.0. The third kappa shape index (κ3) is 4.61. The van der Waals surface area contributed by atoms with Gasteiger partial charge in [-0.1, -0.05) is 42.5 Å². The van der Waals surface area contributed by atoms with Crippen LogP contribution < -0.4 is 5.73 Å². The van der Waals surface area contributed by atoms with Crippen LogP contribution in [0.3, 0.4) is 0 Å². The highest BCUT2D eigenvalue weighted by Gasteiger charge is 2.41. The standard InChI is InChI=1S/C26H28N2O3S/c1-31-18-19-8-10-20(11-9-19)24(29)28-14-12-26(13-15-28,25(27)30)17-21-5-2-3-6-22(21)23-7-4-16-32-23/h2-11,16H,12-15,17-18H2,1H3,(H2,27,30). The summed E-state index contributed by atoms with van der Waals surface area (Å²) in [6, 6.07) is 19.8. The molecule has 166 valence electrons. The Balaban J connectivity index is 1.49. The first-order chi connectivity index (χ1) is 15.5. The third-order valence-electron chi connectivity index (χ3n) is 6.38. The van der Waals surface area contributed by atoms with Gasteiger partial charge < -0.3 is 15.4 Å². The maximum atomic E-state index is 13.0. The van der Waals surface area contributed by atoms with Crippen LogP contribution in [0.5, 0.6) is 0 Å². The number of nitrogens with two attached hydrogens (primary N) is 1. The first-order valence-corrected chi connectivity index (χ1v) is 11.7. The van der Waals surface area contributed by atoms with Crippen molar-refractivity contribution in [2.24, 2.45) is 11.1 Å². The van der Waals surface area contributed by atoms with E-state index in [1.807, 2.05) is 47.4 Å². The molecule has 1 fully saturated rings. The van der Waals surface area contributed by atoms with Gasteiger partial charge in [-0.3, -0.25) is 9.59 Å². The molecule has 0 atom stereocenters. The summed E-state index contributed by atoms with van der Waals surface area (Å²) >= 11 is 1.69. The number of amides is 2. The molecule has 2 N–H and O–H groups in total. The highest BCUT2D eigenvalue weighted by molar-refractivity contribution is 7.13. The Kier molecular flexibility index (Phi) is 6.72. The van der Waals surface area contributed by atoms with Crippen LogP contribution in [-0.4, -0.2) is 36.9 Å². The van der Waals surface area contributed by atoms with Crippen molar-refractivity contribution in [3.8, 4) is 10.4 Å².